The Labute approximate surface area is 65.7 Å². The van der Waals surface area contributed by atoms with Gasteiger partial charge in [-0.3, -0.25) is 9.59 Å². The topological polar surface area (TPSA) is 69.4 Å². The van der Waals surface area contributed by atoms with Crippen molar-refractivity contribution in [2.45, 2.75) is 32.9 Å². The van der Waals surface area contributed by atoms with Crippen molar-refractivity contribution in [1.29, 1.82) is 0 Å². The van der Waals surface area contributed by atoms with Crippen LogP contribution in [0.15, 0.2) is 0 Å². The van der Waals surface area contributed by atoms with E-state index in [0.29, 0.717) is 0 Å². The summed E-state index contributed by atoms with van der Waals surface area (Å²) in [4.78, 5) is 21.0. The van der Waals surface area contributed by atoms with Gasteiger partial charge in [-0.05, 0) is 13.8 Å². The van der Waals surface area contributed by atoms with Gasteiger partial charge in [0.25, 0.3) is 0 Å². The van der Waals surface area contributed by atoms with E-state index in [2.05, 4.69) is 4.74 Å². The van der Waals surface area contributed by atoms with Crippen LogP contribution >= 0.6 is 0 Å². The Morgan fingerprint density at radius 2 is 1.82 bits per heavy atom. The molecule has 0 saturated carbocycles. The smallest absolute Gasteiger partial charge is 0.302 e. The van der Waals surface area contributed by atoms with Crippen molar-refractivity contribution in [2.75, 3.05) is 0 Å². The number of carbonyl (C=O) groups excluding carboxylic acids is 2. The summed E-state index contributed by atoms with van der Waals surface area (Å²) in [6.07, 6.45) is -0.537. The molecule has 0 aromatic carbocycles. The Bertz CT molecular complexity index is 167. The van der Waals surface area contributed by atoms with Crippen LogP contribution in [0.3, 0.4) is 0 Å². The lowest BCUT2D eigenvalue weighted by atomic mass is 10.1. The quantitative estimate of drug-likeness (QED) is 0.581. The van der Waals surface area contributed by atoms with E-state index in [-0.39, 0.29) is 5.78 Å². The highest BCUT2D eigenvalue weighted by atomic mass is 16.5. The summed E-state index contributed by atoms with van der Waals surface area (Å²) < 4.78 is 4.69. The van der Waals surface area contributed by atoms with E-state index in [1.165, 1.54) is 13.8 Å². The van der Waals surface area contributed by atoms with Gasteiger partial charge in [0.1, 0.15) is 17.9 Å². The molecule has 0 unspecified atom stereocenters. The van der Waals surface area contributed by atoms with Gasteiger partial charge in [0.05, 0.1) is 0 Å². The fraction of sp³-hybridized carbons (Fsp3) is 0.714. The van der Waals surface area contributed by atoms with Gasteiger partial charge < -0.3 is 10.5 Å². The molecule has 2 N–H and O–H groups in total. The molecular formula is C7H13NO3. The van der Waals surface area contributed by atoms with Crippen LogP contribution in [0.1, 0.15) is 20.8 Å². The number of nitrogens with two attached hydrogens (primary N) is 1. The van der Waals surface area contributed by atoms with Crippen LogP contribution in [0.5, 0.6) is 0 Å². The highest BCUT2D eigenvalue weighted by Crippen LogP contribution is 1.97. The van der Waals surface area contributed by atoms with Gasteiger partial charge in [0.2, 0.25) is 0 Å². The zero-order chi connectivity index (χ0) is 9.02. The summed E-state index contributed by atoms with van der Waals surface area (Å²) in [7, 11) is 0. The predicted molar refractivity (Wildman–Crippen MR) is 39.9 cm³/mol. The van der Waals surface area contributed by atoms with E-state index < -0.39 is 18.1 Å². The van der Waals surface area contributed by atoms with Crippen molar-refractivity contribution >= 4 is 11.8 Å². The van der Waals surface area contributed by atoms with E-state index in [4.69, 9.17) is 5.73 Å². The molecule has 0 aromatic rings. The van der Waals surface area contributed by atoms with Gasteiger partial charge in [-0.15, -0.1) is 0 Å². The third-order valence-electron chi connectivity index (χ3n) is 1.33. The maximum Gasteiger partial charge on any atom is 0.302 e. The largest absolute Gasteiger partial charge is 0.461 e. The molecule has 0 rings (SSSR count). The first-order valence-corrected chi connectivity index (χ1v) is 3.38. The maximum absolute atomic E-state index is 10.7. The summed E-state index contributed by atoms with van der Waals surface area (Å²) in [6.45, 7) is 4.24. The number of Topliss-reactive ketones (excluding diaryl/α,β-unsaturated/α-hetero) is 1. The molecule has 0 aliphatic rings. The average Bonchev–Trinajstić information content (AvgIpc) is 1.84. The normalized spacial score (nSPS) is 15.3. The predicted octanol–water partition coefficient (Wildman–Crippen LogP) is -0.146. The van der Waals surface area contributed by atoms with Crippen molar-refractivity contribution in [3.63, 3.8) is 0 Å². The first kappa shape index (κ1) is 10.1. The number of ketones is 1. The van der Waals surface area contributed by atoms with Crippen LogP contribution in [-0.2, 0) is 14.3 Å². The van der Waals surface area contributed by atoms with Crippen molar-refractivity contribution in [1.82, 2.24) is 0 Å². The summed E-state index contributed by atoms with van der Waals surface area (Å²) in [6, 6.07) is -0.709. The van der Waals surface area contributed by atoms with Crippen molar-refractivity contribution in [3.05, 3.63) is 0 Å². The molecule has 0 spiro atoms. The molecule has 0 aliphatic carbocycles. The highest BCUT2D eigenvalue weighted by molar-refractivity contribution is 5.82. The second kappa shape index (κ2) is 4.08. The average molecular weight is 159 g/mol. The second-order valence-corrected chi connectivity index (χ2v) is 2.45. The fourth-order valence-electron chi connectivity index (χ4n) is 0.666. The van der Waals surface area contributed by atoms with E-state index in [1.807, 2.05) is 0 Å². The minimum absolute atomic E-state index is 0.182. The maximum atomic E-state index is 10.7. The molecule has 4 nitrogen and oxygen atoms in total. The molecule has 11 heavy (non-hydrogen) atoms. The van der Waals surface area contributed by atoms with Crippen LogP contribution in [0.2, 0.25) is 0 Å². The molecule has 0 amide bonds. The SMILES string of the molecule is CC(=O)O[C@H](C)[C@H](N)C(C)=O. The number of hydrogen-bond donors (Lipinski definition) is 1. The van der Waals surface area contributed by atoms with Crippen molar-refractivity contribution in [3.8, 4) is 0 Å². The van der Waals surface area contributed by atoms with Gasteiger partial charge in [-0.2, -0.15) is 0 Å². The molecule has 4 heteroatoms. The van der Waals surface area contributed by atoms with E-state index in [1.54, 1.807) is 6.92 Å². The summed E-state index contributed by atoms with van der Waals surface area (Å²) >= 11 is 0. The lowest BCUT2D eigenvalue weighted by Gasteiger charge is -2.16. The van der Waals surface area contributed by atoms with Crippen LogP contribution in [0, 0.1) is 0 Å². The molecule has 0 fully saturated rings. The highest BCUT2D eigenvalue weighted by Gasteiger charge is 2.18. The molecular weight excluding hydrogens is 146 g/mol. The fourth-order valence-corrected chi connectivity index (χ4v) is 0.666. The summed E-state index contributed by atoms with van der Waals surface area (Å²) in [5.74, 6) is -0.604. The number of ether oxygens (including phenoxy) is 1. The molecule has 0 saturated heterocycles. The summed E-state index contributed by atoms with van der Waals surface area (Å²) in [5.41, 5.74) is 5.38. The number of rotatable bonds is 3. The van der Waals surface area contributed by atoms with E-state index in [0.717, 1.165) is 0 Å². The van der Waals surface area contributed by atoms with Gasteiger partial charge >= 0.3 is 5.97 Å². The Hall–Kier alpha value is -0.900. The van der Waals surface area contributed by atoms with Crippen LogP contribution in [-0.4, -0.2) is 23.9 Å². The van der Waals surface area contributed by atoms with Crippen molar-refractivity contribution in [2.24, 2.45) is 5.73 Å². The molecule has 0 bridgehead atoms. The second-order valence-electron chi connectivity index (χ2n) is 2.45. The Balaban J connectivity index is 3.92. The molecule has 0 radical (unpaired) electrons. The summed E-state index contributed by atoms with van der Waals surface area (Å²) in [5, 5.41) is 0. The van der Waals surface area contributed by atoms with Gasteiger partial charge in [0.15, 0.2) is 0 Å². The van der Waals surface area contributed by atoms with Gasteiger partial charge in [0, 0.05) is 6.92 Å². The molecule has 0 aromatic heterocycles. The lowest BCUT2D eigenvalue weighted by Crippen LogP contribution is -2.41. The molecule has 64 valence electrons. The Kier molecular flexibility index (Phi) is 3.74. The third kappa shape index (κ3) is 3.72. The molecule has 0 aliphatic heterocycles. The monoisotopic (exact) mass is 159 g/mol. The van der Waals surface area contributed by atoms with E-state index >= 15 is 0 Å². The first-order valence-electron chi connectivity index (χ1n) is 3.38. The number of carbonyl (C=O) groups is 2. The van der Waals surface area contributed by atoms with E-state index in [9.17, 15) is 9.59 Å². The molecule has 0 heterocycles. The Morgan fingerprint density at radius 3 is 2.09 bits per heavy atom. The Morgan fingerprint density at radius 1 is 1.36 bits per heavy atom. The standard InChI is InChI=1S/C7H13NO3/c1-4(9)7(8)5(2)11-6(3)10/h5,7H,8H2,1-3H3/t5-,7-/m1/s1. The zero-order valence-corrected chi connectivity index (χ0v) is 6.96. The zero-order valence-electron chi connectivity index (χ0n) is 6.96. The van der Waals surface area contributed by atoms with Crippen LogP contribution in [0.25, 0.3) is 0 Å². The van der Waals surface area contributed by atoms with Gasteiger partial charge in [-0.25, -0.2) is 0 Å². The lowest BCUT2D eigenvalue weighted by molar-refractivity contribution is -0.147. The number of esters is 1. The molecule has 2 atom stereocenters. The third-order valence-corrected chi connectivity index (χ3v) is 1.33. The van der Waals surface area contributed by atoms with Gasteiger partial charge in [-0.1, -0.05) is 0 Å². The minimum Gasteiger partial charge on any atom is -0.461 e. The van der Waals surface area contributed by atoms with Crippen molar-refractivity contribution < 1.29 is 14.3 Å². The minimum atomic E-state index is -0.709. The first-order chi connectivity index (χ1) is 4.95. The van der Waals surface area contributed by atoms with Crippen LogP contribution < -0.4 is 5.73 Å². The number of hydrogen-bond acceptors (Lipinski definition) is 4. The van der Waals surface area contributed by atoms with Crippen LogP contribution in [0.4, 0.5) is 0 Å².